The predicted molar refractivity (Wildman–Crippen MR) is 95.5 cm³/mol. The van der Waals surface area contributed by atoms with Gasteiger partial charge in [0.2, 0.25) is 0 Å². The maximum atomic E-state index is 12.1. The Morgan fingerprint density at radius 2 is 1.70 bits per heavy atom. The number of rotatable bonds is 6. The molecule has 1 aromatic carbocycles. The van der Waals surface area contributed by atoms with E-state index in [1.54, 1.807) is 0 Å². The Balaban J connectivity index is 2.62. The predicted octanol–water partition coefficient (Wildman–Crippen LogP) is 4.28. The molecule has 0 fully saturated rings. The normalized spacial score (nSPS) is 13.5. The molecule has 4 heteroatoms. The lowest BCUT2D eigenvalue weighted by Crippen LogP contribution is -2.36. The van der Waals surface area contributed by atoms with Gasteiger partial charge in [-0.2, -0.15) is 0 Å². The van der Waals surface area contributed by atoms with Gasteiger partial charge in [0.15, 0.2) is 0 Å². The van der Waals surface area contributed by atoms with Gasteiger partial charge in [-0.3, -0.25) is 0 Å². The van der Waals surface area contributed by atoms with E-state index in [2.05, 4.69) is 31.4 Å². The van der Waals surface area contributed by atoms with Crippen LogP contribution in [0.3, 0.4) is 0 Å². The number of alkyl carbamates (subject to hydrolysis) is 1. The van der Waals surface area contributed by atoms with Crippen LogP contribution >= 0.6 is 0 Å². The highest BCUT2D eigenvalue weighted by Gasteiger charge is 2.20. The molecule has 0 heterocycles. The van der Waals surface area contributed by atoms with E-state index in [4.69, 9.17) is 4.74 Å². The molecule has 130 valence electrons. The fourth-order valence-electron chi connectivity index (χ4n) is 2.17. The summed E-state index contributed by atoms with van der Waals surface area (Å²) in [6.45, 7) is 14.0. The summed E-state index contributed by atoms with van der Waals surface area (Å²) in [5.41, 5.74) is 0.854. The lowest BCUT2D eigenvalue weighted by molar-refractivity contribution is 0.0501. The second kappa shape index (κ2) is 8.34. The Morgan fingerprint density at radius 3 is 2.22 bits per heavy atom. The van der Waals surface area contributed by atoms with E-state index in [-0.39, 0.29) is 17.6 Å². The summed E-state index contributed by atoms with van der Waals surface area (Å²) in [5, 5.41) is 6.44. The number of ether oxygens (including phenoxy) is 1. The van der Waals surface area contributed by atoms with Crippen LogP contribution in [-0.4, -0.2) is 24.8 Å². The van der Waals surface area contributed by atoms with Gasteiger partial charge in [0.05, 0.1) is 6.04 Å². The van der Waals surface area contributed by atoms with Crippen LogP contribution in [0.15, 0.2) is 30.3 Å². The van der Waals surface area contributed by atoms with E-state index in [0.29, 0.717) is 0 Å². The maximum Gasteiger partial charge on any atom is 0.408 e. The fourth-order valence-corrected chi connectivity index (χ4v) is 2.17. The molecule has 0 saturated carbocycles. The minimum absolute atomic E-state index is 0.0569. The maximum absolute atomic E-state index is 12.1. The molecular formula is C19H32N2O2. The van der Waals surface area contributed by atoms with Crippen LogP contribution in [-0.2, 0) is 4.74 Å². The molecule has 0 saturated heterocycles. The van der Waals surface area contributed by atoms with Crippen molar-refractivity contribution in [2.75, 3.05) is 13.1 Å². The third-order valence-electron chi connectivity index (χ3n) is 3.16. The molecule has 1 amide bonds. The molecule has 1 rings (SSSR count). The smallest absolute Gasteiger partial charge is 0.408 e. The van der Waals surface area contributed by atoms with Crippen LogP contribution in [0.25, 0.3) is 0 Å². The van der Waals surface area contributed by atoms with Gasteiger partial charge >= 0.3 is 6.09 Å². The van der Waals surface area contributed by atoms with Crippen molar-refractivity contribution in [2.45, 2.75) is 59.6 Å². The number of hydrogen-bond donors (Lipinski definition) is 2. The van der Waals surface area contributed by atoms with Crippen molar-refractivity contribution in [1.82, 2.24) is 10.6 Å². The molecule has 1 atom stereocenters. The average Bonchev–Trinajstić information content (AvgIpc) is 2.40. The van der Waals surface area contributed by atoms with E-state index >= 15 is 0 Å². The minimum atomic E-state index is -0.490. The van der Waals surface area contributed by atoms with Gasteiger partial charge in [-0.15, -0.1) is 0 Å². The van der Waals surface area contributed by atoms with E-state index in [9.17, 15) is 4.79 Å². The van der Waals surface area contributed by atoms with Gasteiger partial charge in [-0.05, 0) is 51.3 Å². The Kier molecular flexibility index (Phi) is 7.07. The molecule has 1 aromatic rings. The van der Waals surface area contributed by atoms with Crippen molar-refractivity contribution in [2.24, 2.45) is 5.41 Å². The van der Waals surface area contributed by atoms with Crippen LogP contribution in [0.4, 0.5) is 4.79 Å². The first kappa shape index (κ1) is 19.5. The van der Waals surface area contributed by atoms with Crippen molar-refractivity contribution < 1.29 is 9.53 Å². The van der Waals surface area contributed by atoms with Gasteiger partial charge in [0.25, 0.3) is 0 Å². The third kappa shape index (κ3) is 9.24. The number of carbonyl (C=O) groups excluding carboxylic acids is 1. The SMILES string of the molecule is CC(C)(C)CNCCC(NC(=O)OC(C)(C)C)c1ccccc1. The average molecular weight is 320 g/mol. The van der Waals surface area contributed by atoms with E-state index < -0.39 is 5.60 Å². The second-order valence-corrected chi connectivity index (χ2v) is 8.14. The molecule has 1 unspecified atom stereocenters. The molecule has 23 heavy (non-hydrogen) atoms. The summed E-state index contributed by atoms with van der Waals surface area (Å²) in [4.78, 5) is 12.1. The Bertz CT molecular complexity index is 472. The first-order valence-corrected chi connectivity index (χ1v) is 8.32. The molecule has 0 radical (unpaired) electrons. The zero-order valence-electron chi connectivity index (χ0n) is 15.4. The standard InChI is InChI=1S/C19H32N2O2/c1-18(2,3)14-20-13-12-16(15-10-8-7-9-11-15)21-17(22)23-19(4,5)6/h7-11,16,20H,12-14H2,1-6H3,(H,21,22). The highest BCUT2D eigenvalue weighted by molar-refractivity contribution is 5.68. The molecular weight excluding hydrogens is 288 g/mol. The van der Waals surface area contributed by atoms with Crippen molar-refractivity contribution in [3.63, 3.8) is 0 Å². The number of hydrogen-bond acceptors (Lipinski definition) is 3. The molecule has 4 nitrogen and oxygen atoms in total. The number of benzene rings is 1. The number of amides is 1. The quantitative estimate of drug-likeness (QED) is 0.769. The first-order valence-electron chi connectivity index (χ1n) is 8.32. The van der Waals surface area contributed by atoms with Crippen LogP contribution in [0.5, 0.6) is 0 Å². The lowest BCUT2D eigenvalue weighted by Gasteiger charge is -2.25. The van der Waals surface area contributed by atoms with E-state index in [0.717, 1.165) is 25.1 Å². The highest BCUT2D eigenvalue weighted by Crippen LogP contribution is 2.18. The molecule has 0 aliphatic heterocycles. The van der Waals surface area contributed by atoms with Gasteiger partial charge in [-0.25, -0.2) is 4.79 Å². The molecule has 0 aliphatic rings. The summed E-state index contributed by atoms with van der Waals surface area (Å²) < 4.78 is 5.38. The summed E-state index contributed by atoms with van der Waals surface area (Å²) in [5.74, 6) is 0. The van der Waals surface area contributed by atoms with Crippen LogP contribution in [0.2, 0.25) is 0 Å². The zero-order chi connectivity index (χ0) is 17.5. The monoisotopic (exact) mass is 320 g/mol. The Labute approximate surface area is 141 Å². The Hall–Kier alpha value is -1.55. The van der Waals surface area contributed by atoms with Gasteiger partial charge in [0, 0.05) is 0 Å². The summed E-state index contributed by atoms with van der Waals surface area (Å²) in [6.07, 6.45) is 0.446. The van der Waals surface area contributed by atoms with Crippen molar-refractivity contribution >= 4 is 6.09 Å². The Morgan fingerprint density at radius 1 is 1.09 bits per heavy atom. The molecule has 0 bridgehead atoms. The van der Waals surface area contributed by atoms with E-state index in [1.165, 1.54) is 0 Å². The summed E-state index contributed by atoms with van der Waals surface area (Å²) in [7, 11) is 0. The largest absolute Gasteiger partial charge is 0.444 e. The third-order valence-corrected chi connectivity index (χ3v) is 3.16. The van der Waals surface area contributed by atoms with Crippen molar-refractivity contribution in [3.8, 4) is 0 Å². The van der Waals surface area contributed by atoms with Gasteiger partial charge in [-0.1, -0.05) is 51.1 Å². The van der Waals surface area contributed by atoms with E-state index in [1.807, 2.05) is 51.1 Å². The molecule has 2 N–H and O–H groups in total. The lowest BCUT2D eigenvalue weighted by atomic mass is 9.97. The van der Waals surface area contributed by atoms with Crippen LogP contribution < -0.4 is 10.6 Å². The molecule has 0 aliphatic carbocycles. The fraction of sp³-hybridized carbons (Fsp3) is 0.632. The van der Waals surface area contributed by atoms with Gasteiger partial charge < -0.3 is 15.4 Å². The number of carbonyl (C=O) groups is 1. The molecule has 0 spiro atoms. The topological polar surface area (TPSA) is 50.4 Å². The highest BCUT2D eigenvalue weighted by atomic mass is 16.6. The van der Waals surface area contributed by atoms with Crippen molar-refractivity contribution in [3.05, 3.63) is 35.9 Å². The zero-order valence-corrected chi connectivity index (χ0v) is 15.4. The van der Waals surface area contributed by atoms with Crippen LogP contribution in [0, 0.1) is 5.41 Å². The summed E-state index contributed by atoms with van der Waals surface area (Å²) in [6, 6.07) is 9.96. The minimum Gasteiger partial charge on any atom is -0.444 e. The van der Waals surface area contributed by atoms with Crippen molar-refractivity contribution in [1.29, 1.82) is 0 Å². The van der Waals surface area contributed by atoms with Crippen LogP contribution in [0.1, 0.15) is 59.6 Å². The second-order valence-electron chi connectivity index (χ2n) is 8.14. The number of nitrogens with one attached hydrogen (secondary N) is 2. The molecule has 0 aromatic heterocycles. The first-order chi connectivity index (χ1) is 10.6. The summed E-state index contributed by atoms with van der Waals surface area (Å²) >= 11 is 0. The van der Waals surface area contributed by atoms with Gasteiger partial charge in [0.1, 0.15) is 5.60 Å².